The van der Waals surface area contributed by atoms with Crippen molar-refractivity contribution in [2.75, 3.05) is 6.54 Å². The van der Waals surface area contributed by atoms with Crippen LogP contribution in [-0.2, 0) is 26.5 Å². The molecule has 192 valence electrons. The van der Waals surface area contributed by atoms with Gasteiger partial charge in [-0.15, -0.1) is 0 Å². The third-order valence-electron chi connectivity index (χ3n) is 5.67. The number of aromatic hydroxyl groups is 4. The predicted molar refractivity (Wildman–Crippen MR) is 136 cm³/mol. The van der Waals surface area contributed by atoms with Crippen molar-refractivity contribution >= 4 is 20.0 Å². The predicted octanol–water partition coefficient (Wildman–Crippen LogP) is 3.80. The number of benzene rings is 4. The van der Waals surface area contributed by atoms with E-state index in [-0.39, 0.29) is 10.1 Å². The van der Waals surface area contributed by atoms with E-state index >= 15 is 0 Å². The SMILES string of the molecule is O=S(=O)(c1ccc(O)c(O)c1)N(CCc1ccc(-c2ccccc2)cc1)S(=O)(=O)c1ccc(O)c(O)c1. The number of nitrogens with zero attached hydrogens (tertiary/aromatic N) is 1. The summed E-state index contributed by atoms with van der Waals surface area (Å²) in [4.78, 5) is -1.12. The fraction of sp³-hybridized carbons (Fsp3) is 0.0769. The van der Waals surface area contributed by atoms with Gasteiger partial charge in [-0.3, -0.25) is 0 Å². The molecule has 0 heterocycles. The molecule has 9 nitrogen and oxygen atoms in total. The minimum absolute atomic E-state index is 0.0155. The summed E-state index contributed by atoms with van der Waals surface area (Å²) >= 11 is 0. The van der Waals surface area contributed by atoms with Gasteiger partial charge in [0.2, 0.25) is 0 Å². The van der Waals surface area contributed by atoms with E-state index in [0.717, 1.165) is 47.5 Å². The smallest absolute Gasteiger partial charge is 0.256 e. The molecule has 11 heteroatoms. The molecular formula is C26H23NO8S2. The zero-order chi connectivity index (χ0) is 26.8. The van der Waals surface area contributed by atoms with Crippen molar-refractivity contribution in [1.29, 1.82) is 0 Å². The number of rotatable bonds is 8. The highest BCUT2D eigenvalue weighted by Gasteiger charge is 2.37. The lowest BCUT2D eigenvalue weighted by Gasteiger charge is -2.22. The van der Waals surface area contributed by atoms with Crippen LogP contribution in [0.4, 0.5) is 0 Å². The average molecular weight is 542 g/mol. The first-order valence-electron chi connectivity index (χ1n) is 11.0. The summed E-state index contributed by atoms with van der Waals surface area (Å²) in [6, 6.07) is 22.1. The summed E-state index contributed by atoms with van der Waals surface area (Å²) in [5, 5.41) is 38.8. The first-order valence-corrected chi connectivity index (χ1v) is 13.8. The molecule has 4 rings (SSSR count). The molecule has 0 saturated carbocycles. The van der Waals surface area contributed by atoms with Crippen molar-refractivity contribution in [2.45, 2.75) is 16.2 Å². The molecule has 4 aromatic rings. The highest BCUT2D eigenvalue weighted by Crippen LogP contribution is 2.33. The molecule has 0 unspecified atom stereocenters. The van der Waals surface area contributed by atoms with Crippen LogP contribution < -0.4 is 0 Å². The lowest BCUT2D eigenvalue weighted by atomic mass is 10.0. The molecule has 0 bridgehead atoms. The lowest BCUT2D eigenvalue weighted by Crippen LogP contribution is -2.38. The monoisotopic (exact) mass is 541 g/mol. The van der Waals surface area contributed by atoms with Crippen molar-refractivity contribution in [3.05, 3.63) is 96.6 Å². The largest absolute Gasteiger partial charge is 0.504 e. The molecule has 0 aliphatic heterocycles. The molecule has 0 aromatic heterocycles. The maximum Gasteiger partial charge on any atom is 0.256 e. The Labute approximate surface area is 214 Å². The summed E-state index contributed by atoms with van der Waals surface area (Å²) in [5.74, 6) is -2.62. The topological polar surface area (TPSA) is 152 Å². The van der Waals surface area contributed by atoms with Gasteiger partial charge in [0.15, 0.2) is 23.0 Å². The zero-order valence-electron chi connectivity index (χ0n) is 19.3. The third-order valence-corrected chi connectivity index (χ3v) is 9.98. The van der Waals surface area contributed by atoms with Gasteiger partial charge in [-0.1, -0.05) is 58.3 Å². The van der Waals surface area contributed by atoms with E-state index in [9.17, 15) is 37.3 Å². The maximum atomic E-state index is 13.5. The molecule has 0 fully saturated rings. The highest BCUT2D eigenvalue weighted by molar-refractivity contribution is 8.04. The number of hydrogen-bond donors (Lipinski definition) is 4. The Bertz CT molecular complexity index is 1550. The normalized spacial score (nSPS) is 12.0. The molecule has 0 aliphatic carbocycles. The summed E-state index contributed by atoms with van der Waals surface area (Å²) in [7, 11) is -9.52. The Kier molecular flexibility index (Phi) is 7.12. The van der Waals surface area contributed by atoms with Gasteiger partial charge in [0, 0.05) is 18.7 Å². The lowest BCUT2D eigenvalue weighted by molar-refractivity contribution is 0.401. The fourth-order valence-electron chi connectivity index (χ4n) is 3.65. The number of phenols is 4. The van der Waals surface area contributed by atoms with Crippen LogP contribution in [0, 0.1) is 0 Å². The average Bonchev–Trinajstić information content (AvgIpc) is 2.88. The van der Waals surface area contributed by atoms with Gasteiger partial charge in [0.1, 0.15) is 0 Å². The minimum Gasteiger partial charge on any atom is -0.504 e. The second-order valence-electron chi connectivity index (χ2n) is 8.12. The van der Waals surface area contributed by atoms with Crippen molar-refractivity contribution in [2.24, 2.45) is 0 Å². The standard InChI is InChI=1S/C26H23NO8S2/c28-23-12-10-21(16-25(23)30)36(32,33)27(37(34,35)22-11-13-24(29)26(31)17-22)15-14-18-6-8-20(9-7-18)19-4-2-1-3-5-19/h1-13,16-17,28-31H,14-15H2. The first kappa shape index (κ1) is 26.0. The van der Waals surface area contributed by atoms with Crippen molar-refractivity contribution in [3.63, 3.8) is 0 Å². The Hall–Kier alpha value is -4.06. The number of sulfonamides is 2. The minimum atomic E-state index is -4.76. The first-order chi connectivity index (χ1) is 17.5. The van der Waals surface area contributed by atoms with Crippen LogP contribution in [0.25, 0.3) is 11.1 Å². The summed E-state index contributed by atoms with van der Waals surface area (Å²) in [6.07, 6.45) is 0.0155. The molecule has 4 aromatic carbocycles. The van der Waals surface area contributed by atoms with Crippen LogP contribution in [0.15, 0.2) is 101 Å². The van der Waals surface area contributed by atoms with E-state index in [4.69, 9.17) is 0 Å². The van der Waals surface area contributed by atoms with E-state index in [1.165, 1.54) is 0 Å². The molecule has 0 saturated heterocycles. The van der Waals surface area contributed by atoms with Gasteiger partial charge in [0.05, 0.1) is 9.79 Å². The van der Waals surface area contributed by atoms with E-state index in [2.05, 4.69) is 0 Å². The zero-order valence-corrected chi connectivity index (χ0v) is 20.9. The Morgan fingerprint density at radius 2 is 1.00 bits per heavy atom. The van der Waals surface area contributed by atoms with Gasteiger partial charge in [0.25, 0.3) is 20.0 Å². The van der Waals surface area contributed by atoms with Gasteiger partial charge in [-0.05, 0) is 47.4 Å². The highest BCUT2D eigenvalue weighted by atomic mass is 32.3. The Morgan fingerprint density at radius 3 is 1.46 bits per heavy atom. The van der Waals surface area contributed by atoms with E-state index in [0.29, 0.717) is 5.56 Å². The van der Waals surface area contributed by atoms with Crippen LogP contribution >= 0.6 is 0 Å². The van der Waals surface area contributed by atoms with Crippen molar-refractivity contribution in [3.8, 4) is 34.1 Å². The third kappa shape index (κ3) is 5.38. The van der Waals surface area contributed by atoms with Crippen LogP contribution in [0.5, 0.6) is 23.0 Å². The molecular weight excluding hydrogens is 518 g/mol. The van der Waals surface area contributed by atoms with Crippen LogP contribution in [0.1, 0.15) is 5.56 Å². The number of hydrogen-bond acceptors (Lipinski definition) is 8. The molecule has 0 amide bonds. The Morgan fingerprint density at radius 1 is 0.541 bits per heavy atom. The van der Waals surface area contributed by atoms with E-state index < -0.39 is 59.4 Å². The summed E-state index contributed by atoms with van der Waals surface area (Å²) in [5.41, 5.74) is 2.58. The van der Waals surface area contributed by atoms with Gasteiger partial charge in [-0.2, -0.15) is 0 Å². The van der Waals surface area contributed by atoms with Crippen LogP contribution in [0.3, 0.4) is 0 Å². The summed E-state index contributed by atoms with van der Waals surface area (Å²) < 4.78 is 54.1. The van der Waals surface area contributed by atoms with Crippen molar-refractivity contribution in [1.82, 2.24) is 3.71 Å². The number of phenolic OH excluding ortho intramolecular Hbond substituents is 4. The fourth-order valence-corrected chi connectivity index (χ4v) is 7.33. The molecule has 0 aliphatic rings. The Balaban J connectivity index is 1.71. The quantitative estimate of drug-likeness (QED) is 0.246. The maximum absolute atomic E-state index is 13.5. The molecule has 37 heavy (non-hydrogen) atoms. The van der Waals surface area contributed by atoms with Gasteiger partial charge < -0.3 is 20.4 Å². The molecule has 0 radical (unpaired) electrons. The second kappa shape index (κ2) is 10.1. The second-order valence-corrected chi connectivity index (χ2v) is 12.1. The van der Waals surface area contributed by atoms with E-state index in [1.807, 2.05) is 42.5 Å². The van der Waals surface area contributed by atoms with Crippen LogP contribution in [-0.4, -0.2) is 47.5 Å². The van der Waals surface area contributed by atoms with Gasteiger partial charge in [-0.25, -0.2) is 16.8 Å². The van der Waals surface area contributed by atoms with Crippen molar-refractivity contribution < 1.29 is 37.3 Å². The molecule has 0 spiro atoms. The van der Waals surface area contributed by atoms with Gasteiger partial charge >= 0.3 is 0 Å². The van der Waals surface area contributed by atoms with E-state index in [1.54, 1.807) is 12.1 Å². The molecule has 4 N–H and O–H groups in total. The molecule has 0 atom stereocenters. The summed E-state index contributed by atoms with van der Waals surface area (Å²) in [6.45, 7) is -0.501. The van der Waals surface area contributed by atoms with Crippen LogP contribution in [0.2, 0.25) is 0 Å².